The van der Waals surface area contributed by atoms with Crippen LogP contribution >= 0.6 is 0 Å². The molecule has 1 aromatic rings. The molecule has 23 heavy (non-hydrogen) atoms. The first kappa shape index (κ1) is 14.5. The molecule has 1 saturated carbocycles. The van der Waals surface area contributed by atoms with Gasteiger partial charge in [-0.3, -0.25) is 5.32 Å². The van der Waals surface area contributed by atoms with Crippen LogP contribution in [0.5, 0.6) is 0 Å². The van der Waals surface area contributed by atoms with E-state index in [2.05, 4.69) is 11.4 Å². The highest BCUT2D eigenvalue weighted by atomic mass is 16.6. The Labute approximate surface area is 135 Å². The summed E-state index contributed by atoms with van der Waals surface area (Å²) in [6, 6.07) is 2.31. The maximum absolute atomic E-state index is 12.1. The van der Waals surface area contributed by atoms with Crippen molar-refractivity contribution in [3.05, 3.63) is 28.3 Å². The third-order valence-corrected chi connectivity index (χ3v) is 4.84. The molecule has 0 aliphatic heterocycles. The number of benzene rings is 1. The Bertz CT molecular complexity index is 631. The van der Waals surface area contributed by atoms with Gasteiger partial charge in [0.2, 0.25) is 0 Å². The molecule has 4 rings (SSSR count). The van der Waals surface area contributed by atoms with Crippen molar-refractivity contribution in [2.24, 2.45) is 0 Å². The van der Waals surface area contributed by atoms with E-state index in [1.807, 2.05) is 0 Å². The second-order valence-corrected chi connectivity index (χ2v) is 6.62. The summed E-state index contributed by atoms with van der Waals surface area (Å²) in [7, 11) is 0. The van der Waals surface area contributed by atoms with Crippen LogP contribution in [0, 0.1) is 0 Å². The highest BCUT2D eigenvalue weighted by molar-refractivity contribution is 5.89. The number of nitrogens with one attached hydrogen (secondary N) is 1. The van der Waals surface area contributed by atoms with E-state index >= 15 is 0 Å². The number of fused-ring (bicyclic) bond motifs is 2. The van der Waals surface area contributed by atoms with Gasteiger partial charge in [0.25, 0.3) is 0 Å². The van der Waals surface area contributed by atoms with E-state index in [0.29, 0.717) is 0 Å². The Kier molecular flexibility index (Phi) is 3.71. The van der Waals surface area contributed by atoms with Crippen LogP contribution in [0.4, 0.5) is 10.5 Å². The quantitative estimate of drug-likeness (QED) is 0.868. The van der Waals surface area contributed by atoms with E-state index in [0.717, 1.165) is 57.1 Å². The van der Waals surface area contributed by atoms with E-state index in [-0.39, 0.29) is 12.7 Å². The normalized spacial score (nSPS) is 18.3. The van der Waals surface area contributed by atoms with E-state index in [1.54, 1.807) is 0 Å². The van der Waals surface area contributed by atoms with Gasteiger partial charge in [0.15, 0.2) is 6.61 Å². The highest BCUT2D eigenvalue weighted by Crippen LogP contribution is 2.38. The second kappa shape index (κ2) is 5.87. The Morgan fingerprint density at radius 1 is 1.04 bits per heavy atom. The zero-order valence-electron chi connectivity index (χ0n) is 13.2. The fraction of sp³-hybridized carbons (Fsp3) is 0.556. The van der Waals surface area contributed by atoms with Crippen molar-refractivity contribution in [1.29, 1.82) is 0 Å². The predicted octanol–water partition coefficient (Wildman–Crippen LogP) is 2.92. The number of esters is 1. The van der Waals surface area contributed by atoms with Gasteiger partial charge in [-0.15, -0.1) is 0 Å². The van der Waals surface area contributed by atoms with Gasteiger partial charge in [0, 0.05) is 0 Å². The van der Waals surface area contributed by atoms with Crippen LogP contribution in [-0.4, -0.2) is 24.8 Å². The number of amides is 1. The number of hydrogen-bond acceptors (Lipinski definition) is 4. The summed E-state index contributed by atoms with van der Waals surface area (Å²) >= 11 is 0. The number of rotatable bonds is 4. The summed E-state index contributed by atoms with van der Waals surface area (Å²) in [4.78, 5) is 23.6. The largest absolute Gasteiger partial charge is 0.460 e. The molecule has 0 atom stereocenters. The Balaban J connectivity index is 1.44. The standard InChI is InChI=1S/C18H21NO4/c20-16(23-13-7-8-13)10-22-18(21)19-17-14-5-1-3-11(14)9-12-4-2-6-15(12)17/h9,13H,1-8,10H2,(H,19,21). The van der Waals surface area contributed by atoms with Gasteiger partial charge in [0.05, 0.1) is 5.69 Å². The molecule has 0 bridgehead atoms. The lowest BCUT2D eigenvalue weighted by molar-refractivity contribution is -0.148. The third-order valence-electron chi connectivity index (χ3n) is 4.84. The minimum atomic E-state index is -0.563. The number of carbonyl (C=O) groups excluding carboxylic acids is 2. The van der Waals surface area contributed by atoms with E-state index < -0.39 is 12.1 Å². The predicted molar refractivity (Wildman–Crippen MR) is 84.6 cm³/mol. The van der Waals surface area contributed by atoms with Crippen LogP contribution in [0.2, 0.25) is 0 Å². The van der Waals surface area contributed by atoms with Crippen molar-refractivity contribution in [2.45, 2.75) is 57.5 Å². The fourth-order valence-corrected chi connectivity index (χ4v) is 3.64. The number of ether oxygens (including phenoxy) is 2. The topological polar surface area (TPSA) is 64.6 Å². The molecule has 3 aliphatic rings. The van der Waals surface area contributed by atoms with Gasteiger partial charge in [0.1, 0.15) is 6.10 Å². The van der Waals surface area contributed by atoms with Crippen LogP contribution in [0.25, 0.3) is 0 Å². The molecule has 122 valence electrons. The molecule has 0 spiro atoms. The summed E-state index contributed by atoms with van der Waals surface area (Å²) in [6.45, 7) is -0.320. The smallest absolute Gasteiger partial charge is 0.412 e. The van der Waals surface area contributed by atoms with Gasteiger partial charge in [-0.1, -0.05) is 6.07 Å². The lowest BCUT2D eigenvalue weighted by Crippen LogP contribution is -2.22. The molecule has 3 aliphatic carbocycles. The minimum Gasteiger partial charge on any atom is -0.460 e. The first-order chi connectivity index (χ1) is 11.2. The molecule has 1 N–H and O–H groups in total. The summed E-state index contributed by atoms with van der Waals surface area (Å²) in [6.07, 6.45) is 7.75. The van der Waals surface area contributed by atoms with Gasteiger partial charge in [-0.25, -0.2) is 9.59 Å². The first-order valence-corrected chi connectivity index (χ1v) is 8.50. The molecule has 0 radical (unpaired) electrons. The van der Waals surface area contributed by atoms with Crippen LogP contribution < -0.4 is 5.32 Å². The number of anilines is 1. The Morgan fingerprint density at radius 3 is 2.30 bits per heavy atom. The molecular formula is C18H21NO4. The van der Waals surface area contributed by atoms with Crippen LogP contribution in [0.1, 0.15) is 47.9 Å². The summed E-state index contributed by atoms with van der Waals surface area (Å²) in [5.41, 5.74) is 6.16. The van der Waals surface area contributed by atoms with Crippen LogP contribution in [-0.2, 0) is 40.0 Å². The van der Waals surface area contributed by atoms with E-state index in [9.17, 15) is 9.59 Å². The van der Waals surface area contributed by atoms with Crippen molar-refractivity contribution in [3.63, 3.8) is 0 Å². The van der Waals surface area contributed by atoms with E-state index in [1.165, 1.54) is 22.3 Å². The molecule has 5 heteroatoms. The third kappa shape index (κ3) is 3.05. The summed E-state index contributed by atoms with van der Waals surface area (Å²) in [5, 5.41) is 2.90. The van der Waals surface area contributed by atoms with E-state index in [4.69, 9.17) is 9.47 Å². The van der Waals surface area contributed by atoms with Crippen molar-refractivity contribution in [3.8, 4) is 0 Å². The minimum absolute atomic E-state index is 0.0369. The lowest BCUT2D eigenvalue weighted by atomic mass is 9.99. The zero-order valence-corrected chi connectivity index (χ0v) is 13.2. The monoisotopic (exact) mass is 315 g/mol. The molecule has 0 aromatic heterocycles. The Morgan fingerprint density at radius 2 is 1.70 bits per heavy atom. The fourth-order valence-electron chi connectivity index (χ4n) is 3.64. The van der Waals surface area contributed by atoms with Crippen LogP contribution in [0.15, 0.2) is 6.07 Å². The van der Waals surface area contributed by atoms with Crippen molar-refractivity contribution >= 4 is 17.7 Å². The number of carbonyl (C=O) groups is 2. The lowest BCUT2D eigenvalue weighted by Gasteiger charge is -2.16. The Hall–Kier alpha value is -2.04. The molecule has 0 heterocycles. The van der Waals surface area contributed by atoms with Gasteiger partial charge >= 0.3 is 12.1 Å². The highest BCUT2D eigenvalue weighted by Gasteiger charge is 2.27. The summed E-state index contributed by atoms with van der Waals surface area (Å²) < 4.78 is 10.1. The maximum Gasteiger partial charge on any atom is 0.412 e. The van der Waals surface area contributed by atoms with Gasteiger partial charge < -0.3 is 9.47 Å². The average molecular weight is 315 g/mol. The molecule has 0 unspecified atom stereocenters. The number of aryl methyl sites for hydroxylation is 2. The first-order valence-electron chi connectivity index (χ1n) is 8.50. The molecular weight excluding hydrogens is 294 g/mol. The molecule has 1 amide bonds. The van der Waals surface area contributed by atoms with Crippen molar-refractivity contribution in [1.82, 2.24) is 0 Å². The molecule has 5 nitrogen and oxygen atoms in total. The van der Waals surface area contributed by atoms with Crippen molar-refractivity contribution in [2.75, 3.05) is 11.9 Å². The van der Waals surface area contributed by atoms with Crippen LogP contribution in [0.3, 0.4) is 0 Å². The molecule has 0 saturated heterocycles. The zero-order chi connectivity index (χ0) is 15.8. The second-order valence-electron chi connectivity index (χ2n) is 6.62. The number of hydrogen-bond donors (Lipinski definition) is 1. The SMILES string of the molecule is O=C(COC(=O)Nc1c2c(cc3c1CCC3)CCC2)OC1CC1. The van der Waals surface area contributed by atoms with Crippen molar-refractivity contribution < 1.29 is 19.1 Å². The maximum atomic E-state index is 12.1. The summed E-state index contributed by atoms with van der Waals surface area (Å²) in [5.74, 6) is -0.467. The molecule has 1 fully saturated rings. The molecule has 1 aromatic carbocycles. The van der Waals surface area contributed by atoms with Gasteiger partial charge in [-0.05, 0) is 73.6 Å². The average Bonchev–Trinajstić information content (AvgIpc) is 3.01. The van der Waals surface area contributed by atoms with Gasteiger partial charge in [-0.2, -0.15) is 0 Å².